The van der Waals surface area contributed by atoms with Gasteiger partial charge in [-0.05, 0) is 25.7 Å². The topological polar surface area (TPSA) is 50.9 Å². The summed E-state index contributed by atoms with van der Waals surface area (Å²) in [6.07, 6.45) is 3.98. The Hall–Kier alpha value is -0.900. The molecule has 0 saturated heterocycles. The molecule has 0 aliphatic rings. The van der Waals surface area contributed by atoms with E-state index in [9.17, 15) is 0 Å². The van der Waals surface area contributed by atoms with Crippen LogP contribution in [0.4, 0.5) is 0 Å². The van der Waals surface area contributed by atoms with Crippen LogP contribution in [0.1, 0.15) is 45.5 Å². The van der Waals surface area contributed by atoms with Gasteiger partial charge >= 0.3 is 0 Å². The summed E-state index contributed by atoms with van der Waals surface area (Å²) in [6.45, 7) is 6.52. The van der Waals surface area contributed by atoms with Crippen LogP contribution < -0.4 is 0 Å². The lowest BCUT2D eigenvalue weighted by Gasteiger charge is -2.15. The lowest BCUT2D eigenvalue weighted by atomic mass is 10.0. The molecule has 4 nitrogen and oxygen atoms in total. The van der Waals surface area contributed by atoms with E-state index >= 15 is 0 Å². The largest absolute Gasteiger partial charge is 0.388 e. The van der Waals surface area contributed by atoms with Crippen molar-refractivity contribution in [3.8, 4) is 0 Å². The van der Waals surface area contributed by atoms with Gasteiger partial charge < -0.3 is 9.67 Å². The summed E-state index contributed by atoms with van der Waals surface area (Å²) in [5, 5.41) is 16.7. The highest BCUT2D eigenvalue weighted by Gasteiger charge is 2.10. The number of aromatic nitrogens is 3. The van der Waals surface area contributed by atoms with Crippen molar-refractivity contribution in [1.82, 2.24) is 14.8 Å². The number of aliphatic hydroxyl groups excluding tert-OH is 1. The summed E-state index contributed by atoms with van der Waals surface area (Å²) in [4.78, 5) is 0. The van der Waals surface area contributed by atoms with Crippen molar-refractivity contribution in [1.29, 1.82) is 0 Å². The summed E-state index contributed by atoms with van der Waals surface area (Å²) in [5.41, 5.74) is 0. The minimum Gasteiger partial charge on any atom is -0.388 e. The van der Waals surface area contributed by atoms with Crippen molar-refractivity contribution in [2.24, 2.45) is 5.92 Å². The zero-order valence-corrected chi connectivity index (χ0v) is 9.14. The van der Waals surface area contributed by atoms with Crippen LogP contribution in [0, 0.1) is 5.92 Å². The Balaban J connectivity index is 2.55. The van der Waals surface area contributed by atoms with E-state index in [1.165, 1.54) is 6.42 Å². The lowest BCUT2D eigenvalue weighted by Crippen LogP contribution is -2.09. The van der Waals surface area contributed by atoms with E-state index in [0.717, 1.165) is 6.42 Å². The number of nitrogens with zero attached hydrogens (tertiary/aromatic N) is 3. The summed E-state index contributed by atoms with van der Waals surface area (Å²) >= 11 is 0. The zero-order valence-electron chi connectivity index (χ0n) is 9.14. The van der Waals surface area contributed by atoms with E-state index in [1.54, 1.807) is 6.33 Å². The second kappa shape index (κ2) is 5.10. The van der Waals surface area contributed by atoms with Gasteiger partial charge in [-0.3, -0.25) is 0 Å². The molecular weight excluding hydrogens is 178 g/mol. The predicted octanol–water partition coefficient (Wildman–Crippen LogP) is 1.77. The molecule has 14 heavy (non-hydrogen) atoms. The quantitative estimate of drug-likeness (QED) is 0.782. The van der Waals surface area contributed by atoms with Gasteiger partial charge in [0.05, 0.1) is 0 Å². The van der Waals surface area contributed by atoms with Gasteiger partial charge in [0.25, 0.3) is 0 Å². The number of hydrogen-bond acceptors (Lipinski definition) is 3. The molecule has 1 atom stereocenters. The third-order valence-electron chi connectivity index (χ3n) is 2.43. The van der Waals surface area contributed by atoms with Gasteiger partial charge in [0, 0.05) is 6.04 Å². The van der Waals surface area contributed by atoms with Crippen molar-refractivity contribution in [2.75, 3.05) is 0 Å². The van der Waals surface area contributed by atoms with Crippen LogP contribution in [-0.4, -0.2) is 19.9 Å². The molecule has 0 bridgehead atoms. The first kappa shape index (κ1) is 11.2. The molecular formula is C10H19N3O. The van der Waals surface area contributed by atoms with Crippen molar-refractivity contribution < 1.29 is 5.11 Å². The van der Waals surface area contributed by atoms with Crippen LogP contribution in [0.5, 0.6) is 0 Å². The predicted molar refractivity (Wildman–Crippen MR) is 54.7 cm³/mol. The first-order valence-electron chi connectivity index (χ1n) is 5.14. The van der Waals surface area contributed by atoms with E-state index in [2.05, 4.69) is 31.0 Å². The molecule has 1 aromatic rings. The highest BCUT2D eigenvalue weighted by molar-refractivity contribution is 4.85. The normalized spacial score (nSPS) is 13.5. The fourth-order valence-electron chi connectivity index (χ4n) is 1.46. The second-order valence-corrected chi connectivity index (χ2v) is 4.13. The molecule has 1 heterocycles. The van der Waals surface area contributed by atoms with Crippen molar-refractivity contribution in [3.05, 3.63) is 12.2 Å². The third-order valence-corrected chi connectivity index (χ3v) is 2.43. The van der Waals surface area contributed by atoms with Gasteiger partial charge in [0.1, 0.15) is 12.9 Å². The van der Waals surface area contributed by atoms with E-state index in [4.69, 9.17) is 5.11 Å². The zero-order chi connectivity index (χ0) is 10.6. The Morgan fingerprint density at radius 2 is 2.07 bits per heavy atom. The van der Waals surface area contributed by atoms with Crippen LogP contribution in [0.25, 0.3) is 0 Å². The molecule has 0 aliphatic heterocycles. The van der Waals surface area contributed by atoms with Crippen LogP contribution in [0.2, 0.25) is 0 Å². The second-order valence-electron chi connectivity index (χ2n) is 4.13. The Morgan fingerprint density at radius 3 is 2.64 bits per heavy atom. The fraction of sp³-hybridized carbons (Fsp3) is 0.800. The summed E-state index contributed by atoms with van der Waals surface area (Å²) in [6, 6.07) is 0.370. The van der Waals surface area contributed by atoms with Crippen molar-refractivity contribution >= 4 is 0 Å². The lowest BCUT2D eigenvalue weighted by molar-refractivity contribution is 0.259. The molecule has 80 valence electrons. The summed E-state index contributed by atoms with van der Waals surface area (Å²) in [7, 11) is 0. The van der Waals surface area contributed by atoms with Gasteiger partial charge in [-0.15, -0.1) is 10.2 Å². The summed E-state index contributed by atoms with van der Waals surface area (Å²) < 4.78 is 1.95. The average Bonchev–Trinajstić information content (AvgIpc) is 2.61. The number of aliphatic hydroxyl groups is 1. The average molecular weight is 197 g/mol. The van der Waals surface area contributed by atoms with E-state index in [-0.39, 0.29) is 6.61 Å². The smallest absolute Gasteiger partial charge is 0.158 e. The molecule has 0 amide bonds. The van der Waals surface area contributed by atoms with Crippen LogP contribution in [0.15, 0.2) is 6.33 Å². The Labute approximate surface area is 85.0 Å². The van der Waals surface area contributed by atoms with Gasteiger partial charge in [-0.2, -0.15) is 0 Å². The molecule has 0 fully saturated rings. The van der Waals surface area contributed by atoms with Gasteiger partial charge in [-0.25, -0.2) is 0 Å². The molecule has 0 aliphatic carbocycles. The van der Waals surface area contributed by atoms with Gasteiger partial charge in [0.15, 0.2) is 5.82 Å². The maximum atomic E-state index is 9.01. The minimum absolute atomic E-state index is 0.0357. The Kier molecular flexibility index (Phi) is 4.07. The molecule has 1 unspecified atom stereocenters. The van der Waals surface area contributed by atoms with E-state index < -0.39 is 0 Å². The van der Waals surface area contributed by atoms with Gasteiger partial charge in [0.2, 0.25) is 0 Å². The molecule has 1 N–H and O–H groups in total. The van der Waals surface area contributed by atoms with Crippen LogP contribution >= 0.6 is 0 Å². The molecule has 4 heteroatoms. The number of rotatable bonds is 5. The molecule has 0 spiro atoms. The standard InChI is InChI=1S/C10H19N3O/c1-8(2)4-5-9(3)13-7-11-12-10(13)6-14/h7-9,14H,4-6H2,1-3H3. The molecule has 0 aromatic carbocycles. The maximum Gasteiger partial charge on any atom is 0.158 e. The minimum atomic E-state index is -0.0357. The van der Waals surface area contributed by atoms with Crippen molar-refractivity contribution in [2.45, 2.75) is 46.3 Å². The molecule has 1 aromatic heterocycles. The van der Waals surface area contributed by atoms with E-state index in [1.807, 2.05) is 4.57 Å². The van der Waals surface area contributed by atoms with Gasteiger partial charge in [-0.1, -0.05) is 13.8 Å². The Morgan fingerprint density at radius 1 is 1.36 bits per heavy atom. The highest BCUT2D eigenvalue weighted by atomic mass is 16.3. The van der Waals surface area contributed by atoms with E-state index in [0.29, 0.717) is 17.8 Å². The summed E-state index contributed by atoms with van der Waals surface area (Å²) in [5.74, 6) is 1.37. The fourth-order valence-corrected chi connectivity index (χ4v) is 1.46. The monoisotopic (exact) mass is 197 g/mol. The van der Waals surface area contributed by atoms with Crippen molar-refractivity contribution in [3.63, 3.8) is 0 Å². The van der Waals surface area contributed by atoms with Crippen LogP contribution in [-0.2, 0) is 6.61 Å². The number of hydrogen-bond donors (Lipinski definition) is 1. The Bertz CT molecular complexity index is 270. The molecule has 1 rings (SSSR count). The first-order valence-corrected chi connectivity index (χ1v) is 5.14. The SMILES string of the molecule is CC(C)CCC(C)n1cnnc1CO. The third kappa shape index (κ3) is 2.80. The highest BCUT2D eigenvalue weighted by Crippen LogP contribution is 2.17. The van der Waals surface area contributed by atoms with Crippen LogP contribution in [0.3, 0.4) is 0 Å². The molecule has 0 radical (unpaired) electrons. The molecule has 0 saturated carbocycles. The maximum absolute atomic E-state index is 9.01. The first-order chi connectivity index (χ1) is 6.65.